The highest BCUT2D eigenvalue weighted by Gasteiger charge is 1.91. The Morgan fingerprint density at radius 1 is 1.14 bits per heavy atom. The molecule has 14 heavy (non-hydrogen) atoms. The Bertz CT molecular complexity index is 217. The topological polar surface area (TPSA) is 36.3 Å². The van der Waals surface area contributed by atoms with Gasteiger partial charge in [0.05, 0.1) is 32.8 Å². The number of alkyl halides is 1. The maximum absolute atomic E-state index is 5.43. The van der Waals surface area contributed by atoms with Crippen molar-refractivity contribution in [3.63, 3.8) is 0 Å². The van der Waals surface area contributed by atoms with E-state index in [1.165, 1.54) is 0 Å². The number of nitrogens with zero attached hydrogens (tertiary/aromatic N) is 2. The molecule has 1 rings (SSSR count). The Morgan fingerprint density at radius 3 is 2.57 bits per heavy atom. The van der Waals surface area contributed by atoms with E-state index in [9.17, 15) is 0 Å². The summed E-state index contributed by atoms with van der Waals surface area (Å²) in [4.78, 5) is 3.93. The minimum absolute atomic E-state index is 0.537. The summed E-state index contributed by atoms with van der Waals surface area (Å²) in [5.41, 5.74) is 0. The molecular weight excluding hydrogens is 204 g/mol. The van der Waals surface area contributed by atoms with E-state index in [0.29, 0.717) is 32.3 Å². The lowest BCUT2D eigenvalue weighted by Crippen LogP contribution is -2.09. The third-order valence-corrected chi connectivity index (χ3v) is 1.80. The van der Waals surface area contributed by atoms with Crippen LogP contribution in [0, 0.1) is 0 Å². The molecule has 0 N–H and O–H groups in total. The third-order valence-electron chi connectivity index (χ3n) is 1.65. The summed E-state index contributed by atoms with van der Waals surface area (Å²) in [5.74, 6) is 0.537. The first-order valence-corrected chi connectivity index (χ1v) is 5.14. The molecule has 0 atom stereocenters. The number of halogens is 1. The highest BCUT2D eigenvalue weighted by atomic mass is 35.5. The average Bonchev–Trinajstić information content (AvgIpc) is 2.69. The summed E-state index contributed by atoms with van der Waals surface area (Å²) in [7, 11) is 0. The monoisotopic (exact) mass is 218 g/mol. The predicted octanol–water partition coefficient (Wildman–Crippen LogP) is 1.16. The van der Waals surface area contributed by atoms with Crippen LogP contribution in [0.5, 0.6) is 0 Å². The van der Waals surface area contributed by atoms with Gasteiger partial charge < -0.3 is 14.0 Å². The predicted molar refractivity (Wildman–Crippen MR) is 54.6 cm³/mol. The Hall–Kier alpha value is -0.580. The molecule has 0 aromatic carbocycles. The summed E-state index contributed by atoms with van der Waals surface area (Å²) in [6.45, 7) is 3.32. The molecule has 0 aliphatic heterocycles. The number of hydrogen-bond donors (Lipinski definition) is 0. The zero-order valence-electron chi connectivity index (χ0n) is 8.06. The van der Waals surface area contributed by atoms with Crippen LogP contribution in [0.1, 0.15) is 0 Å². The lowest BCUT2D eigenvalue weighted by molar-refractivity contribution is 0.0504. The smallest absolute Gasteiger partial charge is 0.0946 e. The fraction of sp³-hybridized carbons (Fsp3) is 0.667. The molecule has 1 heterocycles. The highest BCUT2D eigenvalue weighted by molar-refractivity contribution is 6.17. The van der Waals surface area contributed by atoms with Crippen LogP contribution >= 0.6 is 11.6 Å². The number of hydrogen-bond acceptors (Lipinski definition) is 3. The van der Waals surface area contributed by atoms with Gasteiger partial charge in [0.15, 0.2) is 0 Å². The van der Waals surface area contributed by atoms with Crippen molar-refractivity contribution in [2.75, 3.05) is 32.3 Å². The molecule has 0 spiro atoms. The van der Waals surface area contributed by atoms with E-state index >= 15 is 0 Å². The van der Waals surface area contributed by atoms with Gasteiger partial charge in [-0.3, -0.25) is 0 Å². The number of ether oxygens (including phenoxy) is 2. The first-order chi connectivity index (χ1) is 6.93. The van der Waals surface area contributed by atoms with Gasteiger partial charge in [-0.05, 0) is 0 Å². The van der Waals surface area contributed by atoms with Gasteiger partial charge in [-0.25, -0.2) is 4.98 Å². The molecule has 5 heteroatoms. The summed E-state index contributed by atoms with van der Waals surface area (Å²) in [6.07, 6.45) is 5.43. The zero-order chi connectivity index (χ0) is 10.1. The van der Waals surface area contributed by atoms with E-state index in [1.807, 2.05) is 10.8 Å². The second kappa shape index (κ2) is 7.79. The van der Waals surface area contributed by atoms with Crippen molar-refractivity contribution in [1.82, 2.24) is 9.55 Å². The summed E-state index contributed by atoms with van der Waals surface area (Å²) in [6, 6.07) is 0. The van der Waals surface area contributed by atoms with Crippen molar-refractivity contribution in [2.45, 2.75) is 6.54 Å². The van der Waals surface area contributed by atoms with E-state index in [-0.39, 0.29) is 0 Å². The van der Waals surface area contributed by atoms with Crippen molar-refractivity contribution in [3.05, 3.63) is 18.7 Å². The first kappa shape index (κ1) is 11.5. The highest BCUT2D eigenvalue weighted by Crippen LogP contribution is 1.87. The van der Waals surface area contributed by atoms with Gasteiger partial charge in [-0.15, -0.1) is 11.6 Å². The second-order valence-corrected chi connectivity index (χ2v) is 3.09. The van der Waals surface area contributed by atoms with Crippen molar-refractivity contribution in [3.8, 4) is 0 Å². The van der Waals surface area contributed by atoms with Crippen LogP contribution in [0.2, 0.25) is 0 Å². The van der Waals surface area contributed by atoms with Gasteiger partial charge in [0.2, 0.25) is 0 Å². The number of imidazole rings is 1. The molecule has 1 aromatic heterocycles. The SMILES string of the molecule is ClCCOCCOCCn1ccnc1. The van der Waals surface area contributed by atoms with E-state index in [0.717, 1.165) is 6.54 Å². The molecule has 0 aliphatic rings. The lowest BCUT2D eigenvalue weighted by Gasteiger charge is -2.04. The Balaban J connectivity index is 1.85. The lowest BCUT2D eigenvalue weighted by atomic mass is 10.6. The van der Waals surface area contributed by atoms with Gasteiger partial charge in [-0.1, -0.05) is 0 Å². The molecular formula is C9H15ClN2O2. The van der Waals surface area contributed by atoms with E-state index in [4.69, 9.17) is 21.1 Å². The molecule has 0 radical (unpaired) electrons. The average molecular weight is 219 g/mol. The minimum Gasteiger partial charge on any atom is -0.378 e. The van der Waals surface area contributed by atoms with Crippen molar-refractivity contribution < 1.29 is 9.47 Å². The standard InChI is InChI=1S/C9H15ClN2O2/c10-1-5-13-7-8-14-6-4-12-3-2-11-9-12/h2-3,9H,1,4-8H2. The van der Waals surface area contributed by atoms with Crippen LogP contribution in [0.25, 0.3) is 0 Å². The summed E-state index contributed by atoms with van der Waals surface area (Å²) < 4.78 is 12.5. The van der Waals surface area contributed by atoms with Gasteiger partial charge in [0.25, 0.3) is 0 Å². The number of rotatable bonds is 8. The van der Waals surface area contributed by atoms with Crippen molar-refractivity contribution in [2.24, 2.45) is 0 Å². The van der Waals surface area contributed by atoms with Gasteiger partial charge in [-0.2, -0.15) is 0 Å². The Labute approximate surface area is 88.8 Å². The Morgan fingerprint density at radius 2 is 1.93 bits per heavy atom. The summed E-state index contributed by atoms with van der Waals surface area (Å²) >= 11 is 5.43. The first-order valence-electron chi connectivity index (χ1n) is 4.60. The van der Waals surface area contributed by atoms with Crippen LogP contribution in [0.15, 0.2) is 18.7 Å². The van der Waals surface area contributed by atoms with E-state index in [1.54, 1.807) is 12.5 Å². The fourth-order valence-corrected chi connectivity index (χ4v) is 1.07. The zero-order valence-corrected chi connectivity index (χ0v) is 8.82. The molecule has 0 saturated heterocycles. The Kier molecular flexibility index (Phi) is 6.40. The van der Waals surface area contributed by atoms with Gasteiger partial charge in [0, 0.05) is 24.8 Å². The van der Waals surface area contributed by atoms with Crippen LogP contribution < -0.4 is 0 Å². The van der Waals surface area contributed by atoms with Crippen LogP contribution in [0.3, 0.4) is 0 Å². The number of aromatic nitrogens is 2. The van der Waals surface area contributed by atoms with Crippen LogP contribution in [-0.4, -0.2) is 41.9 Å². The molecule has 0 unspecified atom stereocenters. The molecule has 1 aromatic rings. The quantitative estimate of drug-likeness (QED) is 0.485. The molecule has 80 valence electrons. The fourth-order valence-electron chi connectivity index (χ4n) is 0.965. The summed E-state index contributed by atoms with van der Waals surface area (Å²) in [5, 5.41) is 0. The molecule has 0 amide bonds. The van der Waals surface area contributed by atoms with Gasteiger partial charge in [0.1, 0.15) is 0 Å². The third kappa shape index (κ3) is 5.21. The van der Waals surface area contributed by atoms with Gasteiger partial charge >= 0.3 is 0 Å². The van der Waals surface area contributed by atoms with E-state index in [2.05, 4.69) is 4.98 Å². The van der Waals surface area contributed by atoms with Crippen LogP contribution in [0.4, 0.5) is 0 Å². The van der Waals surface area contributed by atoms with E-state index < -0.39 is 0 Å². The molecule has 0 aliphatic carbocycles. The molecule has 0 bridgehead atoms. The molecule has 0 fully saturated rings. The maximum atomic E-state index is 5.43. The second-order valence-electron chi connectivity index (χ2n) is 2.71. The minimum atomic E-state index is 0.537. The van der Waals surface area contributed by atoms with Crippen molar-refractivity contribution >= 4 is 11.6 Å². The normalized spacial score (nSPS) is 10.6. The van der Waals surface area contributed by atoms with Crippen molar-refractivity contribution in [1.29, 1.82) is 0 Å². The molecule has 0 saturated carbocycles. The largest absolute Gasteiger partial charge is 0.378 e. The van der Waals surface area contributed by atoms with Crippen LogP contribution in [-0.2, 0) is 16.0 Å². The maximum Gasteiger partial charge on any atom is 0.0946 e. The molecule has 4 nitrogen and oxygen atoms in total.